The van der Waals surface area contributed by atoms with Crippen molar-refractivity contribution in [2.24, 2.45) is 0 Å². The van der Waals surface area contributed by atoms with E-state index < -0.39 is 59.9 Å². The Balaban J connectivity index is 1.86. The number of nitrogens with one attached hydrogen (secondary N) is 1. The molecule has 2 amide bonds. The van der Waals surface area contributed by atoms with Gasteiger partial charge in [0.2, 0.25) is 11.7 Å². The van der Waals surface area contributed by atoms with E-state index in [-0.39, 0.29) is 22.4 Å². The zero-order valence-corrected chi connectivity index (χ0v) is 18.8. The van der Waals surface area contributed by atoms with Crippen LogP contribution in [0.5, 0.6) is 0 Å². The molecule has 0 bridgehead atoms. The number of rotatable bonds is 4. The summed E-state index contributed by atoms with van der Waals surface area (Å²) in [6, 6.07) is 8.16. The molecule has 0 spiro atoms. The lowest BCUT2D eigenvalue weighted by Gasteiger charge is -2.41. The fourth-order valence-electron chi connectivity index (χ4n) is 4.16. The highest BCUT2D eigenvalue weighted by Crippen LogP contribution is 2.44. The minimum Gasteiger partial charge on any atom is -0.325 e. The van der Waals surface area contributed by atoms with Gasteiger partial charge in [0, 0.05) is 29.2 Å². The van der Waals surface area contributed by atoms with Gasteiger partial charge in [-0.25, -0.2) is 14.4 Å². The molecule has 0 saturated heterocycles. The summed E-state index contributed by atoms with van der Waals surface area (Å²) in [6.45, 7) is -1.83. The summed E-state index contributed by atoms with van der Waals surface area (Å²) in [7, 11) is 0. The van der Waals surface area contributed by atoms with Gasteiger partial charge in [-0.2, -0.15) is 31.6 Å². The van der Waals surface area contributed by atoms with Gasteiger partial charge >= 0.3 is 12.4 Å². The van der Waals surface area contributed by atoms with Crippen molar-refractivity contribution in [3.63, 3.8) is 0 Å². The quantitative estimate of drug-likeness (QED) is 0.473. The lowest BCUT2D eigenvalue weighted by Crippen LogP contribution is -2.49. The van der Waals surface area contributed by atoms with E-state index in [2.05, 4.69) is 15.3 Å². The van der Waals surface area contributed by atoms with E-state index in [4.69, 9.17) is 5.26 Å². The average molecular weight is 537 g/mol. The Labute approximate surface area is 209 Å². The van der Waals surface area contributed by atoms with Gasteiger partial charge in [0.25, 0.3) is 5.91 Å². The van der Waals surface area contributed by atoms with Crippen LogP contribution in [0.15, 0.2) is 54.9 Å². The number of halogens is 7. The molecular formula is C24H14F7N5O2. The van der Waals surface area contributed by atoms with E-state index >= 15 is 0 Å². The first-order valence-corrected chi connectivity index (χ1v) is 10.7. The van der Waals surface area contributed by atoms with Crippen LogP contribution >= 0.6 is 0 Å². The third kappa shape index (κ3) is 5.26. The van der Waals surface area contributed by atoms with Crippen LogP contribution in [-0.4, -0.2) is 39.4 Å². The maximum Gasteiger partial charge on any atom is 0.451 e. The zero-order chi connectivity index (χ0) is 27.8. The van der Waals surface area contributed by atoms with Crippen molar-refractivity contribution in [3.8, 4) is 6.07 Å². The molecule has 0 radical (unpaired) electrons. The summed E-state index contributed by atoms with van der Waals surface area (Å²) >= 11 is 0. The highest BCUT2D eigenvalue weighted by Gasteiger charge is 2.48. The van der Waals surface area contributed by atoms with Crippen LogP contribution in [0.4, 0.5) is 36.4 Å². The number of nitrogens with zero attached hydrogens (tertiary/aromatic N) is 4. The third-order valence-electron chi connectivity index (χ3n) is 5.69. The second-order valence-electron chi connectivity index (χ2n) is 8.19. The largest absolute Gasteiger partial charge is 0.451 e. The van der Waals surface area contributed by atoms with Crippen molar-refractivity contribution in [2.75, 3.05) is 11.9 Å². The maximum absolute atomic E-state index is 13.7. The van der Waals surface area contributed by atoms with Crippen molar-refractivity contribution < 1.29 is 40.3 Å². The molecular weight excluding hydrogens is 523 g/mol. The summed E-state index contributed by atoms with van der Waals surface area (Å²) < 4.78 is 93.4. The molecule has 14 heteroatoms. The number of anilines is 1. The predicted octanol–water partition coefficient (Wildman–Crippen LogP) is 4.99. The molecule has 7 nitrogen and oxygen atoms in total. The van der Waals surface area contributed by atoms with Crippen LogP contribution in [0.3, 0.4) is 0 Å². The van der Waals surface area contributed by atoms with E-state index in [9.17, 15) is 40.3 Å². The summed E-state index contributed by atoms with van der Waals surface area (Å²) in [5.74, 6) is -6.11. The van der Waals surface area contributed by atoms with Crippen molar-refractivity contribution in [2.45, 2.75) is 24.3 Å². The summed E-state index contributed by atoms with van der Waals surface area (Å²) in [5, 5.41) is 11.4. The number of nitriles is 1. The van der Waals surface area contributed by atoms with Crippen molar-refractivity contribution in [3.05, 3.63) is 88.8 Å². The first kappa shape index (κ1) is 26.5. The van der Waals surface area contributed by atoms with Crippen molar-refractivity contribution in [1.82, 2.24) is 14.9 Å². The standard InChI is InChI=1S/C24H14F7N5O2/c25-17-6-5-14(7-12(17)8-32)35-20(37)18-15-3-1-2-4-16(15)21(38)36(11-23(26,27)28)19(18)13-9-33-22(34-10-13)24(29,30)31/h1-7,9-10,18-19H,11H2,(H,35,37). The summed E-state index contributed by atoms with van der Waals surface area (Å²) in [4.78, 5) is 33.4. The fourth-order valence-corrected chi connectivity index (χ4v) is 4.16. The van der Waals surface area contributed by atoms with E-state index in [0.717, 1.165) is 18.2 Å². The van der Waals surface area contributed by atoms with Gasteiger partial charge in [-0.15, -0.1) is 0 Å². The number of fused-ring (bicyclic) bond motifs is 1. The van der Waals surface area contributed by atoms with Gasteiger partial charge in [0.15, 0.2) is 0 Å². The Bertz CT molecular complexity index is 1430. The highest BCUT2D eigenvalue weighted by molar-refractivity contribution is 6.04. The monoisotopic (exact) mass is 537 g/mol. The van der Waals surface area contributed by atoms with E-state index in [1.165, 1.54) is 24.3 Å². The summed E-state index contributed by atoms with van der Waals surface area (Å²) in [5.41, 5.74) is -1.08. The Morgan fingerprint density at radius 2 is 1.71 bits per heavy atom. The van der Waals surface area contributed by atoms with E-state index in [1.54, 1.807) is 6.07 Å². The fraction of sp³-hybridized carbons (Fsp3) is 0.208. The smallest absolute Gasteiger partial charge is 0.325 e. The molecule has 2 aromatic carbocycles. The lowest BCUT2D eigenvalue weighted by molar-refractivity contribution is -0.148. The summed E-state index contributed by atoms with van der Waals surface area (Å²) in [6.07, 6.45) is -8.67. The van der Waals surface area contributed by atoms with Crippen LogP contribution < -0.4 is 5.32 Å². The molecule has 1 N–H and O–H groups in total. The molecule has 4 rings (SSSR count). The molecule has 196 valence electrons. The van der Waals surface area contributed by atoms with Gasteiger partial charge < -0.3 is 10.2 Å². The molecule has 2 atom stereocenters. The normalized spacial score (nSPS) is 17.5. The number of carbonyl (C=O) groups excluding carboxylic acids is 2. The minimum absolute atomic E-state index is 0.000871. The van der Waals surface area contributed by atoms with E-state index in [0.29, 0.717) is 17.3 Å². The van der Waals surface area contributed by atoms with Gasteiger partial charge in [-0.05, 0) is 29.8 Å². The third-order valence-corrected chi connectivity index (χ3v) is 5.69. The Morgan fingerprint density at radius 3 is 2.32 bits per heavy atom. The second-order valence-corrected chi connectivity index (χ2v) is 8.19. The second kappa shape index (κ2) is 9.73. The topological polar surface area (TPSA) is 99.0 Å². The van der Waals surface area contributed by atoms with Crippen LogP contribution in [0, 0.1) is 17.1 Å². The Kier molecular flexibility index (Phi) is 6.79. The molecule has 1 aliphatic rings. The maximum atomic E-state index is 13.7. The number of benzene rings is 2. The van der Waals surface area contributed by atoms with Gasteiger partial charge in [0.05, 0.1) is 17.5 Å². The number of aromatic nitrogens is 2. The number of carbonyl (C=O) groups is 2. The number of hydrogen-bond acceptors (Lipinski definition) is 5. The molecule has 1 aliphatic heterocycles. The molecule has 2 unspecified atom stereocenters. The number of amides is 2. The molecule has 3 aromatic rings. The van der Waals surface area contributed by atoms with Gasteiger partial charge in [-0.1, -0.05) is 18.2 Å². The van der Waals surface area contributed by atoms with Crippen LogP contribution in [-0.2, 0) is 11.0 Å². The van der Waals surface area contributed by atoms with Crippen LogP contribution in [0.25, 0.3) is 0 Å². The lowest BCUT2D eigenvalue weighted by atomic mass is 9.79. The first-order chi connectivity index (χ1) is 17.8. The van der Waals surface area contributed by atoms with Crippen molar-refractivity contribution >= 4 is 17.5 Å². The Morgan fingerprint density at radius 1 is 1.05 bits per heavy atom. The highest BCUT2D eigenvalue weighted by atomic mass is 19.4. The Hall–Kier alpha value is -4.54. The molecule has 2 heterocycles. The van der Waals surface area contributed by atoms with Crippen LogP contribution in [0.1, 0.15) is 44.8 Å². The number of alkyl halides is 6. The molecule has 0 saturated carbocycles. The average Bonchev–Trinajstić information content (AvgIpc) is 2.85. The SMILES string of the molecule is N#Cc1cc(NC(=O)C2c3ccccc3C(=O)N(CC(F)(F)F)C2c2cnc(C(F)(F)F)nc2)ccc1F. The molecule has 0 aliphatic carbocycles. The van der Waals surface area contributed by atoms with Gasteiger partial charge in [-0.3, -0.25) is 9.59 Å². The zero-order valence-electron chi connectivity index (χ0n) is 18.8. The predicted molar refractivity (Wildman–Crippen MR) is 116 cm³/mol. The van der Waals surface area contributed by atoms with Crippen LogP contribution in [0.2, 0.25) is 0 Å². The molecule has 1 aromatic heterocycles. The van der Waals surface area contributed by atoms with Gasteiger partial charge in [0.1, 0.15) is 18.4 Å². The first-order valence-electron chi connectivity index (χ1n) is 10.7. The number of hydrogen-bond donors (Lipinski definition) is 1. The van der Waals surface area contributed by atoms with E-state index in [1.807, 2.05) is 0 Å². The minimum atomic E-state index is -4.95. The molecule has 38 heavy (non-hydrogen) atoms. The van der Waals surface area contributed by atoms with Crippen molar-refractivity contribution in [1.29, 1.82) is 5.26 Å². The molecule has 0 fully saturated rings.